The molecule has 1 rings (SSSR count). The highest BCUT2D eigenvalue weighted by Crippen LogP contribution is 2.27. The predicted octanol–water partition coefficient (Wildman–Crippen LogP) is 1.51. The Morgan fingerprint density at radius 3 is 2.76 bits per heavy atom. The lowest BCUT2D eigenvalue weighted by Crippen LogP contribution is -2.03. The summed E-state index contributed by atoms with van der Waals surface area (Å²) in [4.78, 5) is 10.9. The Labute approximate surface area is 100 Å². The van der Waals surface area contributed by atoms with Gasteiger partial charge in [-0.15, -0.1) is 0 Å². The van der Waals surface area contributed by atoms with Crippen LogP contribution in [-0.4, -0.2) is 29.9 Å². The molecule has 0 saturated heterocycles. The number of benzene rings is 1. The smallest absolute Gasteiger partial charge is 0.330 e. The fraction of sp³-hybridized carbons (Fsp3) is 0.308. The quantitative estimate of drug-likeness (QED) is 0.614. The summed E-state index contributed by atoms with van der Waals surface area (Å²) < 4.78 is 4.46. The molecule has 0 spiro atoms. The van der Waals surface area contributed by atoms with Crippen LogP contribution in [-0.2, 0) is 9.53 Å². The Balaban J connectivity index is 2.94. The molecule has 0 aliphatic rings. The first-order valence-corrected chi connectivity index (χ1v) is 5.25. The zero-order valence-electron chi connectivity index (χ0n) is 9.88. The first-order chi connectivity index (χ1) is 8.08. The lowest BCUT2D eigenvalue weighted by atomic mass is 9.97. The van der Waals surface area contributed by atoms with Crippen LogP contribution in [0.2, 0.25) is 0 Å². The highest BCUT2D eigenvalue weighted by Gasteiger charge is 2.12. The molecule has 0 saturated carbocycles. The number of methoxy groups -OCH3 is 1. The number of rotatable bonds is 4. The number of ether oxygens (including phenoxy) is 1. The molecule has 1 aromatic rings. The van der Waals surface area contributed by atoms with E-state index in [1.165, 1.54) is 19.3 Å². The number of carbonyl (C=O) groups excluding carboxylic acids is 1. The van der Waals surface area contributed by atoms with E-state index in [1.54, 1.807) is 12.1 Å². The highest BCUT2D eigenvalue weighted by molar-refractivity contribution is 5.81. The molecule has 4 nitrogen and oxygen atoms in total. The number of phenolic OH excluding ortho intramolecular Hbond substituents is 1. The first-order valence-electron chi connectivity index (χ1n) is 5.25. The number of aromatic hydroxyl groups is 1. The molecule has 1 unspecified atom stereocenters. The van der Waals surface area contributed by atoms with Gasteiger partial charge in [0.25, 0.3) is 0 Å². The van der Waals surface area contributed by atoms with Gasteiger partial charge in [-0.2, -0.15) is 0 Å². The second kappa shape index (κ2) is 6.06. The van der Waals surface area contributed by atoms with Crippen molar-refractivity contribution in [3.05, 3.63) is 41.5 Å². The summed E-state index contributed by atoms with van der Waals surface area (Å²) in [6.45, 7) is 1.67. The lowest BCUT2D eigenvalue weighted by Gasteiger charge is -2.12. The number of carbonyl (C=O) groups is 1. The van der Waals surface area contributed by atoms with Gasteiger partial charge >= 0.3 is 5.97 Å². The molecule has 2 N–H and O–H groups in total. The Morgan fingerprint density at radius 2 is 2.24 bits per heavy atom. The lowest BCUT2D eigenvalue weighted by molar-refractivity contribution is -0.134. The monoisotopic (exact) mass is 236 g/mol. The molecule has 0 aliphatic heterocycles. The second-order valence-corrected chi connectivity index (χ2v) is 3.73. The Hall–Kier alpha value is -1.81. The number of aliphatic hydroxyl groups is 1. The molecule has 0 aliphatic carbocycles. The average Bonchev–Trinajstić information content (AvgIpc) is 2.31. The van der Waals surface area contributed by atoms with Crippen LogP contribution in [0.5, 0.6) is 5.75 Å². The van der Waals surface area contributed by atoms with Crippen LogP contribution in [0, 0.1) is 6.92 Å². The fourth-order valence-electron chi connectivity index (χ4n) is 1.49. The molecule has 0 radical (unpaired) electrons. The minimum Gasteiger partial charge on any atom is -0.508 e. The molecule has 4 heteroatoms. The molecule has 0 heterocycles. The van der Waals surface area contributed by atoms with Gasteiger partial charge < -0.3 is 14.9 Å². The third-order valence-electron chi connectivity index (χ3n) is 2.45. The van der Waals surface area contributed by atoms with E-state index in [2.05, 4.69) is 4.74 Å². The third-order valence-corrected chi connectivity index (χ3v) is 2.45. The van der Waals surface area contributed by atoms with Gasteiger partial charge in [-0.25, -0.2) is 4.79 Å². The largest absolute Gasteiger partial charge is 0.508 e. The molecule has 0 fully saturated rings. The SMILES string of the molecule is COC(=O)/C=C/C(CO)c1ccc(C)cc1O. The van der Waals surface area contributed by atoms with Crippen LogP contribution in [0.25, 0.3) is 0 Å². The Morgan fingerprint density at radius 1 is 1.53 bits per heavy atom. The fourth-order valence-corrected chi connectivity index (χ4v) is 1.49. The van der Waals surface area contributed by atoms with Crippen molar-refractivity contribution in [2.24, 2.45) is 0 Å². The number of esters is 1. The zero-order valence-corrected chi connectivity index (χ0v) is 9.88. The summed E-state index contributed by atoms with van der Waals surface area (Å²) in [5.74, 6) is -0.802. The molecule has 17 heavy (non-hydrogen) atoms. The molecule has 0 aromatic heterocycles. The number of aryl methyl sites for hydroxylation is 1. The standard InChI is InChI=1S/C13H16O4/c1-9-3-5-11(12(15)7-9)10(8-14)4-6-13(16)17-2/h3-7,10,14-15H,8H2,1-2H3/b6-4+. The van der Waals surface area contributed by atoms with Crippen LogP contribution in [0.3, 0.4) is 0 Å². The first kappa shape index (κ1) is 13.3. The molecule has 0 amide bonds. The normalized spacial score (nSPS) is 12.6. The predicted molar refractivity (Wildman–Crippen MR) is 63.8 cm³/mol. The highest BCUT2D eigenvalue weighted by atomic mass is 16.5. The van der Waals surface area contributed by atoms with Crippen molar-refractivity contribution in [3.8, 4) is 5.75 Å². The van der Waals surface area contributed by atoms with E-state index in [-0.39, 0.29) is 12.4 Å². The van der Waals surface area contributed by atoms with Gasteiger partial charge in [-0.1, -0.05) is 18.2 Å². The van der Waals surface area contributed by atoms with Crippen molar-refractivity contribution < 1.29 is 19.7 Å². The van der Waals surface area contributed by atoms with Crippen molar-refractivity contribution in [2.45, 2.75) is 12.8 Å². The summed E-state index contributed by atoms with van der Waals surface area (Å²) >= 11 is 0. The van der Waals surface area contributed by atoms with Crippen LogP contribution in [0.15, 0.2) is 30.4 Å². The van der Waals surface area contributed by atoms with E-state index in [0.29, 0.717) is 5.56 Å². The molecule has 0 bridgehead atoms. The molecule has 1 atom stereocenters. The van der Waals surface area contributed by atoms with Crippen molar-refractivity contribution in [2.75, 3.05) is 13.7 Å². The van der Waals surface area contributed by atoms with Gasteiger partial charge in [-0.05, 0) is 18.6 Å². The summed E-state index contributed by atoms with van der Waals surface area (Å²) in [6.07, 6.45) is 2.75. The van der Waals surface area contributed by atoms with Gasteiger partial charge in [0.05, 0.1) is 13.7 Å². The van der Waals surface area contributed by atoms with Gasteiger partial charge in [0.1, 0.15) is 5.75 Å². The maximum absolute atomic E-state index is 10.9. The van der Waals surface area contributed by atoms with Crippen LogP contribution in [0.4, 0.5) is 0 Å². The maximum atomic E-state index is 10.9. The van der Waals surface area contributed by atoms with Crippen molar-refractivity contribution in [1.29, 1.82) is 0 Å². The number of hydrogen-bond donors (Lipinski definition) is 2. The Bertz CT molecular complexity index is 423. The molecular formula is C13H16O4. The van der Waals surface area contributed by atoms with Gasteiger partial charge in [0.2, 0.25) is 0 Å². The summed E-state index contributed by atoms with van der Waals surface area (Å²) in [5.41, 5.74) is 1.51. The van der Waals surface area contributed by atoms with Crippen LogP contribution in [0.1, 0.15) is 17.0 Å². The van der Waals surface area contributed by atoms with E-state index in [4.69, 9.17) is 0 Å². The summed E-state index contributed by atoms with van der Waals surface area (Å²) in [6, 6.07) is 5.18. The van der Waals surface area contributed by atoms with E-state index >= 15 is 0 Å². The van der Waals surface area contributed by atoms with Gasteiger partial charge in [0.15, 0.2) is 0 Å². The number of phenols is 1. The zero-order chi connectivity index (χ0) is 12.8. The Kier molecular flexibility index (Phi) is 4.72. The maximum Gasteiger partial charge on any atom is 0.330 e. The average molecular weight is 236 g/mol. The number of hydrogen-bond acceptors (Lipinski definition) is 4. The van der Waals surface area contributed by atoms with E-state index in [9.17, 15) is 15.0 Å². The van der Waals surface area contributed by atoms with Crippen LogP contribution < -0.4 is 0 Å². The van der Waals surface area contributed by atoms with Crippen molar-refractivity contribution >= 4 is 5.97 Å². The molecular weight excluding hydrogens is 220 g/mol. The van der Waals surface area contributed by atoms with Crippen molar-refractivity contribution in [3.63, 3.8) is 0 Å². The molecule has 1 aromatic carbocycles. The van der Waals surface area contributed by atoms with Gasteiger partial charge in [0, 0.05) is 17.6 Å². The third kappa shape index (κ3) is 3.60. The summed E-state index contributed by atoms with van der Waals surface area (Å²) in [7, 11) is 1.28. The van der Waals surface area contributed by atoms with E-state index < -0.39 is 11.9 Å². The number of aliphatic hydroxyl groups excluding tert-OH is 1. The van der Waals surface area contributed by atoms with Gasteiger partial charge in [-0.3, -0.25) is 0 Å². The topological polar surface area (TPSA) is 66.8 Å². The minimum absolute atomic E-state index is 0.110. The van der Waals surface area contributed by atoms with E-state index in [0.717, 1.165) is 5.56 Å². The van der Waals surface area contributed by atoms with Crippen LogP contribution >= 0.6 is 0 Å². The second-order valence-electron chi connectivity index (χ2n) is 3.73. The molecule has 92 valence electrons. The van der Waals surface area contributed by atoms with E-state index in [1.807, 2.05) is 13.0 Å². The summed E-state index contributed by atoms with van der Waals surface area (Å²) in [5, 5.41) is 19.0. The van der Waals surface area contributed by atoms with Crippen molar-refractivity contribution in [1.82, 2.24) is 0 Å². The minimum atomic E-state index is -0.491.